The smallest absolute Gasteiger partial charge is 0.337 e. The monoisotopic (exact) mass is 467 g/mol. The Hall–Kier alpha value is -3.97. The first-order chi connectivity index (χ1) is 16.6. The molecule has 1 N–H and O–H groups in total. The second-order valence-electron chi connectivity index (χ2n) is 8.50. The highest BCUT2D eigenvalue weighted by Gasteiger charge is 2.50. The second-order valence-corrected chi connectivity index (χ2v) is 8.86. The fraction of sp³-hybridized carbons (Fsp3) is 0.148. The van der Waals surface area contributed by atoms with Crippen LogP contribution in [-0.2, 0) is 16.0 Å². The Morgan fingerprint density at radius 1 is 1.00 bits per heavy atom. The summed E-state index contributed by atoms with van der Waals surface area (Å²) in [6.07, 6.45) is 0.568. The van der Waals surface area contributed by atoms with Gasteiger partial charge in [0, 0.05) is 23.0 Å². The van der Waals surface area contributed by atoms with Crippen molar-refractivity contribution in [3.8, 4) is 0 Å². The topological polar surface area (TPSA) is 65.6 Å². The van der Waals surface area contributed by atoms with E-state index in [9.17, 15) is 9.59 Å². The van der Waals surface area contributed by atoms with Crippen LogP contribution in [-0.4, -0.2) is 40.0 Å². The number of thiocarbonyl (C=S) groups is 1. The van der Waals surface area contributed by atoms with Gasteiger partial charge in [0.25, 0.3) is 5.91 Å². The van der Waals surface area contributed by atoms with Gasteiger partial charge in [-0.1, -0.05) is 48.5 Å². The van der Waals surface area contributed by atoms with Gasteiger partial charge in [0.1, 0.15) is 6.04 Å². The Morgan fingerprint density at radius 3 is 2.44 bits per heavy atom. The van der Waals surface area contributed by atoms with Crippen molar-refractivity contribution in [1.29, 1.82) is 0 Å². The van der Waals surface area contributed by atoms with E-state index in [-0.39, 0.29) is 11.9 Å². The Labute approximate surface area is 201 Å². The molecule has 0 spiro atoms. The minimum absolute atomic E-state index is 0.0623. The average Bonchev–Trinajstić information content (AvgIpc) is 3.37. The van der Waals surface area contributed by atoms with Crippen molar-refractivity contribution in [2.24, 2.45) is 0 Å². The average molecular weight is 468 g/mol. The molecule has 0 bridgehead atoms. The standard InChI is InChI=1S/C27H21N3O3S/c1-33-26(32)17-11-13-18(14-12-17)29-25(31)22-15-20-19-9-5-6-10-21(19)28-23(20)24(30(22)27(29)34)16-7-3-2-4-8-16/h2-14,22,24,28H,15H2,1H3/t22-,24-/m0/s1. The predicted molar refractivity (Wildman–Crippen MR) is 134 cm³/mol. The van der Waals surface area contributed by atoms with Crippen molar-refractivity contribution < 1.29 is 14.3 Å². The van der Waals surface area contributed by atoms with Crippen molar-refractivity contribution in [2.45, 2.75) is 18.5 Å². The van der Waals surface area contributed by atoms with E-state index < -0.39 is 12.0 Å². The fourth-order valence-corrected chi connectivity index (χ4v) is 5.59. The molecule has 34 heavy (non-hydrogen) atoms. The van der Waals surface area contributed by atoms with E-state index in [0.29, 0.717) is 22.8 Å². The van der Waals surface area contributed by atoms with Crippen LogP contribution in [0, 0.1) is 0 Å². The van der Waals surface area contributed by atoms with Crippen molar-refractivity contribution in [3.05, 3.63) is 101 Å². The molecule has 2 atom stereocenters. The van der Waals surface area contributed by atoms with E-state index in [1.165, 1.54) is 7.11 Å². The van der Waals surface area contributed by atoms with Gasteiger partial charge in [0.15, 0.2) is 5.11 Å². The summed E-state index contributed by atoms with van der Waals surface area (Å²) in [7, 11) is 1.34. The number of hydrogen-bond donors (Lipinski definition) is 1. The number of amides is 1. The van der Waals surface area contributed by atoms with Crippen LogP contribution in [0.5, 0.6) is 0 Å². The van der Waals surface area contributed by atoms with Gasteiger partial charge in [-0.15, -0.1) is 0 Å². The van der Waals surface area contributed by atoms with Gasteiger partial charge >= 0.3 is 5.97 Å². The van der Waals surface area contributed by atoms with E-state index in [2.05, 4.69) is 34.1 Å². The lowest BCUT2D eigenvalue weighted by Gasteiger charge is -2.37. The number of fused-ring (bicyclic) bond motifs is 4. The molecule has 0 unspecified atom stereocenters. The van der Waals surface area contributed by atoms with Crippen LogP contribution in [0.2, 0.25) is 0 Å². The number of methoxy groups -OCH3 is 1. The molecule has 2 aliphatic heterocycles. The molecule has 168 valence electrons. The number of nitrogens with zero attached hydrogens (tertiary/aromatic N) is 2. The summed E-state index contributed by atoms with van der Waals surface area (Å²) in [5.74, 6) is -0.485. The van der Waals surface area contributed by atoms with Crippen LogP contribution >= 0.6 is 12.2 Å². The van der Waals surface area contributed by atoms with Crippen molar-refractivity contribution in [3.63, 3.8) is 0 Å². The number of H-pyrrole nitrogens is 1. The largest absolute Gasteiger partial charge is 0.465 e. The number of rotatable bonds is 3. The Morgan fingerprint density at radius 2 is 1.71 bits per heavy atom. The van der Waals surface area contributed by atoms with Crippen LogP contribution in [0.4, 0.5) is 5.69 Å². The van der Waals surface area contributed by atoms with Gasteiger partial charge in [0.05, 0.1) is 24.4 Å². The molecular weight excluding hydrogens is 446 g/mol. The normalized spacial score (nSPS) is 19.3. The summed E-state index contributed by atoms with van der Waals surface area (Å²) in [4.78, 5) is 32.9. The molecule has 1 fully saturated rings. The zero-order valence-corrected chi connectivity index (χ0v) is 19.2. The Bertz CT molecular complexity index is 1450. The summed E-state index contributed by atoms with van der Waals surface area (Å²) in [6.45, 7) is 0. The first-order valence-corrected chi connectivity index (χ1v) is 11.5. The second kappa shape index (κ2) is 7.81. The van der Waals surface area contributed by atoms with Crippen LogP contribution < -0.4 is 4.90 Å². The first kappa shape index (κ1) is 20.6. The van der Waals surface area contributed by atoms with Crippen LogP contribution in [0.15, 0.2) is 78.9 Å². The third-order valence-corrected chi connectivity index (χ3v) is 7.10. The van der Waals surface area contributed by atoms with Crippen LogP contribution in [0.25, 0.3) is 10.9 Å². The maximum atomic E-state index is 13.8. The molecule has 6 rings (SSSR count). The zero-order valence-electron chi connectivity index (χ0n) is 18.4. The van der Waals surface area contributed by atoms with Crippen molar-refractivity contribution >= 4 is 45.8 Å². The quantitative estimate of drug-likeness (QED) is 0.352. The number of carbonyl (C=O) groups excluding carboxylic acids is 2. The molecule has 0 aliphatic carbocycles. The number of aromatic amines is 1. The molecule has 1 amide bonds. The molecule has 3 aromatic carbocycles. The number of anilines is 1. The SMILES string of the molecule is COC(=O)c1ccc(N2C(=O)[C@@H]3Cc4c([nH]c5ccccc45)[C@H](c4ccccc4)N3C2=S)cc1. The highest BCUT2D eigenvalue weighted by Crippen LogP contribution is 2.44. The number of esters is 1. The van der Waals surface area contributed by atoms with Gasteiger partial charge in [-0.3, -0.25) is 9.69 Å². The lowest BCUT2D eigenvalue weighted by Crippen LogP contribution is -2.44. The summed E-state index contributed by atoms with van der Waals surface area (Å²) in [6, 6.07) is 24.5. The zero-order chi connectivity index (χ0) is 23.4. The fourth-order valence-electron chi connectivity index (χ4n) is 5.16. The molecule has 4 aromatic rings. The van der Waals surface area contributed by atoms with Crippen LogP contribution in [0.3, 0.4) is 0 Å². The van der Waals surface area contributed by atoms with E-state index in [0.717, 1.165) is 27.7 Å². The van der Waals surface area contributed by atoms with Crippen molar-refractivity contribution in [2.75, 3.05) is 12.0 Å². The molecule has 3 heterocycles. The molecule has 2 aliphatic rings. The van der Waals surface area contributed by atoms with Crippen LogP contribution in [0.1, 0.15) is 33.2 Å². The number of benzene rings is 3. The molecule has 7 heteroatoms. The third kappa shape index (κ3) is 2.97. The number of hydrogen-bond acceptors (Lipinski definition) is 4. The molecule has 1 saturated heterocycles. The van der Waals surface area contributed by atoms with E-state index in [1.54, 1.807) is 29.2 Å². The van der Waals surface area contributed by atoms with Gasteiger partial charge in [0.2, 0.25) is 0 Å². The summed E-state index contributed by atoms with van der Waals surface area (Å²) >= 11 is 5.92. The number of nitrogens with one attached hydrogen (secondary N) is 1. The molecule has 6 nitrogen and oxygen atoms in total. The van der Waals surface area contributed by atoms with Gasteiger partial charge < -0.3 is 14.6 Å². The number of ether oxygens (including phenoxy) is 1. The molecule has 1 aromatic heterocycles. The number of para-hydroxylation sites is 1. The van der Waals surface area contributed by atoms with E-state index in [1.807, 2.05) is 30.3 Å². The summed E-state index contributed by atoms with van der Waals surface area (Å²) < 4.78 is 4.79. The minimum atomic E-state index is -0.422. The first-order valence-electron chi connectivity index (χ1n) is 11.1. The maximum Gasteiger partial charge on any atom is 0.337 e. The van der Waals surface area contributed by atoms with Gasteiger partial charge in [-0.25, -0.2) is 4.79 Å². The molecule has 0 radical (unpaired) electrons. The Balaban J connectivity index is 1.47. The predicted octanol–water partition coefficient (Wildman–Crippen LogP) is 4.60. The van der Waals surface area contributed by atoms with Gasteiger partial charge in [-0.2, -0.15) is 0 Å². The maximum absolute atomic E-state index is 13.8. The lowest BCUT2D eigenvalue weighted by molar-refractivity contribution is -0.120. The lowest BCUT2D eigenvalue weighted by atomic mass is 9.89. The molecular formula is C27H21N3O3S. The highest BCUT2D eigenvalue weighted by molar-refractivity contribution is 7.80. The summed E-state index contributed by atoms with van der Waals surface area (Å²) in [5, 5.41) is 1.59. The van der Waals surface area contributed by atoms with E-state index >= 15 is 0 Å². The number of aromatic nitrogens is 1. The third-order valence-electron chi connectivity index (χ3n) is 6.71. The highest BCUT2D eigenvalue weighted by atomic mass is 32.1. The number of carbonyl (C=O) groups is 2. The van der Waals surface area contributed by atoms with Crippen molar-refractivity contribution in [1.82, 2.24) is 9.88 Å². The molecule has 0 saturated carbocycles. The summed E-state index contributed by atoms with van der Waals surface area (Å²) in [5.41, 5.74) is 5.41. The van der Waals surface area contributed by atoms with E-state index in [4.69, 9.17) is 17.0 Å². The minimum Gasteiger partial charge on any atom is -0.465 e. The van der Waals surface area contributed by atoms with Gasteiger partial charge in [-0.05, 0) is 53.7 Å². The Kier molecular flexibility index (Phi) is 4.74.